The van der Waals surface area contributed by atoms with Crippen LogP contribution in [0.5, 0.6) is 0 Å². The molecule has 1 aliphatic heterocycles. The van der Waals surface area contributed by atoms with Crippen LogP contribution in [-0.2, 0) is 18.3 Å². The van der Waals surface area contributed by atoms with Gasteiger partial charge in [-0.05, 0) is 37.1 Å². The van der Waals surface area contributed by atoms with Crippen molar-refractivity contribution in [3.63, 3.8) is 0 Å². The SMILES string of the molecule is CCCCCc1nc(-c2ccc(N3CCCC3=O)cc2)n(-c2cnn(C)c2)n1. The van der Waals surface area contributed by atoms with Crippen molar-refractivity contribution in [3.05, 3.63) is 42.5 Å². The van der Waals surface area contributed by atoms with Gasteiger partial charge in [0.05, 0.1) is 12.4 Å². The summed E-state index contributed by atoms with van der Waals surface area (Å²) in [6.07, 6.45) is 9.60. The van der Waals surface area contributed by atoms with E-state index in [4.69, 9.17) is 10.1 Å². The van der Waals surface area contributed by atoms with E-state index in [0.717, 1.165) is 54.4 Å². The minimum atomic E-state index is 0.199. The van der Waals surface area contributed by atoms with Crippen molar-refractivity contribution in [2.24, 2.45) is 7.05 Å². The van der Waals surface area contributed by atoms with Gasteiger partial charge < -0.3 is 4.90 Å². The molecule has 2 aromatic heterocycles. The third kappa shape index (κ3) is 3.69. The van der Waals surface area contributed by atoms with Crippen molar-refractivity contribution in [1.82, 2.24) is 24.5 Å². The highest BCUT2D eigenvalue weighted by atomic mass is 16.2. The lowest BCUT2D eigenvalue weighted by Crippen LogP contribution is -2.23. The van der Waals surface area contributed by atoms with Gasteiger partial charge in [0.15, 0.2) is 11.6 Å². The summed E-state index contributed by atoms with van der Waals surface area (Å²) in [5, 5.41) is 9.01. The topological polar surface area (TPSA) is 68.8 Å². The molecule has 0 spiro atoms. The summed E-state index contributed by atoms with van der Waals surface area (Å²) >= 11 is 0. The van der Waals surface area contributed by atoms with E-state index in [9.17, 15) is 4.79 Å². The lowest BCUT2D eigenvalue weighted by atomic mass is 10.1. The fraction of sp³-hybridized carbons (Fsp3) is 0.429. The van der Waals surface area contributed by atoms with E-state index in [1.807, 2.05) is 47.1 Å². The van der Waals surface area contributed by atoms with Crippen molar-refractivity contribution in [2.75, 3.05) is 11.4 Å². The Kier molecular flexibility index (Phi) is 5.23. The zero-order valence-electron chi connectivity index (χ0n) is 16.5. The highest BCUT2D eigenvalue weighted by molar-refractivity contribution is 5.95. The van der Waals surface area contributed by atoms with E-state index in [1.54, 1.807) is 10.9 Å². The summed E-state index contributed by atoms with van der Waals surface area (Å²) in [4.78, 5) is 18.7. The number of benzene rings is 1. The van der Waals surface area contributed by atoms with Crippen molar-refractivity contribution in [2.45, 2.75) is 45.4 Å². The van der Waals surface area contributed by atoms with Gasteiger partial charge >= 0.3 is 0 Å². The molecule has 3 heterocycles. The summed E-state index contributed by atoms with van der Waals surface area (Å²) in [5.74, 6) is 1.86. The Morgan fingerprint density at radius 1 is 1.11 bits per heavy atom. The maximum absolute atomic E-state index is 12.0. The molecular weight excluding hydrogens is 352 g/mol. The van der Waals surface area contributed by atoms with Crippen molar-refractivity contribution >= 4 is 11.6 Å². The lowest BCUT2D eigenvalue weighted by Gasteiger charge is -2.15. The van der Waals surface area contributed by atoms with Gasteiger partial charge in [0.1, 0.15) is 5.69 Å². The zero-order chi connectivity index (χ0) is 19.5. The largest absolute Gasteiger partial charge is 0.312 e. The summed E-state index contributed by atoms with van der Waals surface area (Å²) in [6, 6.07) is 8.04. The quantitative estimate of drug-likeness (QED) is 0.590. The van der Waals surface area contributed by atoms with Gasteiger partial charge in [-0.3, -0.25) is 9.48 Å². The van der Waals surface area contributed by atoms with Crippen LogP contribution in [-0.4, -0.2) is 37.0 Å². The normalized spacial score (nSPS) is 14.2. The Hall–Kier alpha value is -2.96. The molecule has 4 rings (SSSR count). The Morgan fingerprint density at radius 3 is 2.57 bits per heavy atom. The van der Waals surface area contributed by atoms with Crippen LogP contribution in [0.3, 0.4) is 0 Å². The first-order valence-corrected chi connectivity index (χ1v) is 10.0. The number of aromatic nitrogens is 5. The minimum Gasteiger partial charge on any atom is -0.312 e. The van der Waals surface area contributed by atoms with Crippen molar-refractivity contribution < 1.29 is 4.79 Å². The van der Waals surface area contributed by atoms with Gasteiger partial charge in [0.25, 0.3) is 0 Å². The van der Waals surface area contributed by atoms with Crippen LogP contribution in [0.4, 0.5) is 5.69 Å². The van der Waals surface area contributed by atoms with E-state index in [1.165, 1.54) is 12.8 Å². The maximum atomic E-state index is 12.0. The van der Waals surface area contributed by atoms with Gasteiger partial charge in [0.2, 0.25) is 5.91 Å². The molecule has 3 aromatic rings. The Balaban J connectivity index is 1.66. The second-order valence-electron chi connectivity index (χ2n) is 7.29. The molecule has 0 unspecified atom stereocenters. The molecule has 28 heavy (non-hydrogen) atoms. The van der Waals surface area contributed by atoms with Crippen LogP contribution in [0.2, 0.25) is 0 Å². The molecule has 0 N–H and O–H groups in total. The predicted molar refractivity (Wildman–Crippen MR) is 108 cm³/mol. The second-order valence-corrected chi connectivity index (χ2v) is 7.29. The molecule has 1 amide bonds. The highest BCUT2D eigenvalue weighted by Gasteiger charge is 2.22. The minimum absolute atomic E-state index is 0.199. The highest BCUT2D eigenvalue weighted by Crippen LogP contribution is 2.26. The molecule has 0 bridgehead atoms. The molecule has 1 saturated heterocycles. The molecule has 1 fully saturated rings. The molecule has 7 heteroatoms. The Morgan fingerprint density at radius 2 is 1.93 bits per heavy atom. The molecule has 0 saturated carbocycles. The number of carbonyl (C=O) groups excluding carboxylic acids is 1. The number of nitrogens with zero attached hydrogens (tertiary/aromatic N) is 6. The van der Waals surface area contributed by atoms with Crippen molar-refractivity contribution in [1.29, 1.82) is 0 Å². The summed E-state index contributed by atoms with van der Waals surface area (Å²) in [5.41, 5.74) is 2.82. The molecule has 1 aromatic carbocycles. The van der Waals surface area contributed by atoms with Crippen LogP contribution in [0.25, 0.3) is 17.1 Å². The molecule has 0 radical (unpaired) electrons. The molecular formula is C21H26N6O. The number of amides is 1. The molecule has 7 nitrogen and oxygen atoms in total. The van der Waals surface area contributed by atoms with Gasteiger partial charge in [-0.25, -0.2) is 9.67 Å². The van der Waals surface area contributed by atoms with E-state index < -0.39 is 0 Å². The Bertz CT molecular complexity index is 956. The van der Waals surface area contributed by atoms with Gasteiger partial charge in [0, 0.05) is 37.7 Å². The monoisotopic (exact) mass is 378 g/mol. The number of carbonyl (C=O) groups is 1. The predicted octanol–water partition coefficient (Wildman–Crippen LogP) is 3.53. The standard InChI is InChI=1S/C21H26N6O/c1-3-4-5-7-19-23-21(27(24-19)18-14-22-25(2)15-18)16-9-11-17(12-10-16)26-13-6-8-20(26)28/h9-12,14-15H,3-8,13H2,1-2H3. The fourth-order valence-corrected chi connectivity index (χ4v) is 3.59. The van der Waals surface area contributed by atoms with E-state index in [2.05, 4.69) is 12.0 Å². The fourth-order valence-electron chi connectivity index (χ4n) is 3.59. The average molecular weight is 378 g/mol. The summed E-state index contributed by atoms with van der Waals surface area (Å²) in [6.45, 7) is 2.99. The van der Waals surface area contributed by atoms with E-state index in [0.29, 0.717) is 6.42 Å². The first-order chi connectivity index (χ1) is 13.7. The zero-order valence-corrected chi connectivity index (χ0v) is 16.5. The number of rotatable bonds is 7. The Labute approximate surface area is 165 Å². The smallest absolute Gasteiger partial charge is 0.227 e. The summed E-state index contributed by atoms with van der Waals surface area (Å²) in [7, 11) is 1.89. The number of aryl methyl sites for hydroxylation is 2. The number of unbranched alkanes of at least 4 members (excludes halogenated alkanes) is 2. The third-order valence-corrected chi connectivity index (χ3v) is 5.10. The number of anilines is 1. The van der Waals surface area contributed by atoms with Crippen molar-refractivity contribution in [3.8, 4) is 17.1 Å². The number of hydrogen-bond acceptors (Lipinski definition) is 4. The maximum Gasteiger partial charge on any atom is 0.227 e. The average Bonchev–Trinajstić information content (AvgIpc) is 3.42. The van der Waals surface area contributed by atoms with Crippen LogP contribution in [0, 0.1) is 0 Å². The first-order valence-electron chi connectivity index (χ1n) is 10.0. The number of hydrogen-bond donors (Lipinski definition) is 0. The second kappa shape index (κ2) is 7.96. The van der Waals surface area contributed by atoms with Crippen LogP contribution in [0.15, 0.2) is 36.7 Å². The third-order valence-electron chi connectivity index (χ3n) is 5.10. The summed E-state index contributed by atoms with van der Waals surface area (Å²) < 4.78 is 3.63. The van der Waals surface area contributed by atoms with Gasteiger partial charge in [-0.1, -0.05) is 19.8 Å². The van der Waals surface area contributed by atoms with Crippen LogP contribution >= 0.6 is 0 Å². The van der Waals surface area contributed by atoms with Gasteiger partial charge in [-0.2, -0.15) is 10.2 Å². The van der Waals surface area contributed by atoms with E-state index >= 15 is 0 Å². The van der Waals surface area contributed by atoms with E-state index in [-0.39, 0.29) is 5.91 Å². The molecule has 0 aliphatic carbocycles. The first kappa shape index (κ1) is 18.4. The van der Waals surface area contributed by atoms with Gasteiger partial charge in [-0.15, -0.1) is 0 Å². The molecule has 146 valence electrons. The molecule has 0 atom stereocenters. The van der Waals surface area contributed by atoms with Crippen LogP contribution < -0.4 is 4.90 Å². The lowest BCUT2D eigenvalue weighted by molar-refractivity contribution is -0.117. The van der Waals surface area contributed by atoms with Crippen LogP contribution in [0.1, 0.15) is 44.9 Å². The molecule has 1 aliphatic rings.